The summed E-state index contributed by atoms with van der Waals surface area (Å²) in [5.41, 5.74) is 5.49. The molecule has 0 aliphatic carbocycles. The number of hydrazine groups is 1. The van der Waals surface area contributed by atoms with Gasteiger partial charge >= 0.3 is 0 Å². The van der Waals surface area contributed by atoms with Crippen LogP contribution in [0.25, 0.3) is 0 Å². The Morgan fingerprint density at radius 2 is 1.86 bits per heavy atom. The summed E-state index contributed by atoms with van der Waals surface area (Å²) in [6.07, 6.45) is 3.92. The maximum Gasteiger partial charge on any atom is 0.269 e. The van der Waals surface area contributed by atoms with Crippen molar-refractivity contribution in [1.82, 2.24) is 20.5 Å². The molecule has 3 N–H and O–H groups in total. The van der Waals surface area contributed by atoms with Crippen LogP contribution in [0.5, 0.6) is 0 Å². The Kier molecular flexibility index (Phi) is 7.44. The average Bonchev–Trinajstić information content (AvgIpc) is 3.24. The van der Waals surface area contributed by atoms with E-state index < -0.39 is 15.9 Å². The normalized spacial score (nSPS) is 20.9. The molecule has 29 heavy (non-hydrogen) atoms. The van der Waals surface area contributed by atoms with E-state index in [2.05, 4.69) is 23.1 Å². The number of carbonyl (C=O) groups is 1. The molecule has 1 aromatic rings. The van der Waals surface area contributed by atoms with E-state index in [4.69, 9.17) is 17.0 Å². The highest BCUT2D eigenvalue weighted by atomic mass is 32.2. The highest BCUT2D eigenvalue weighted by Crippen LogP contribution is 2.23. The fourth-order valence-corrected chi connectivity index (χ4v) is 5.00. The number of thiocarbonyl (C=S) groups is 1. The van der Waals surface area contributed by atoms with E-state index in [0.29, 0.717) is 36.2 Å². The third-order valence-electron chi connectivity index (χ3n) is 5.30. The summed E-state index contributed by atoms with van der Waals surface area (Å²) in [4.78, 5) is 12.5. The lowest BCUT2D eigenvalue weighted by Gasteiger charge is -2.29. The van der Waals surface area contributed by atoms with E-state index in [1.54, 1.807) is 0 Å². The van der Waals surface area contributed by atoms with Gasteiger partial charge in [-0.2, -0.15) is 4.31 Å². The molecule has 1 atom stereocenters. The van der Waals surface area contributed by atoms with Crippen molar-refractivity contribution in [2.45, 2.75) is 43.6 Å². The second-order valence-electron chi connectivity index (χ2n) is 7.54. The molecule has 2 heterocycles. The van der Waals surface area contributed by atoms with E-state index in [9.17, 15) is 13.2 Å². The fourth-order valence-electron chi connectivity index (χ4n) is 3.39. The number of benzene rings is 1. The van der Waals surface area contributed by atoms with Crippen LogP contribution in [0.4, 0.5) is 0 Å². The van der Waals surface area contributed by atoms with Crippen molar-refractivity contribution in [3.8, 4) is 0 Å². The van der Waals surface area contributed by atoms with Crippen molar-refractivity contribution >= 4 is 33.3 Å². The van der Waals surface area contributed by atoms with E-state index in [0.717, 1.165) is 32.3 Å². The lowest BCUT2D eigenvalue weighted by Crippen LogP contribution is -2.48. The summed E-state index contributed by atoms with van der Waals surface area (Å²) in [5, 5.41) is 3.29. The molecular weight excluding hydrogens is 412 g/mol. The topological polar surface area (TPSA) is 99.8 Å². The number of hydrogen-bond acceptors (Lipinski definition) is 5. The molecule has 8 nitrogen and oxygen atoms in total. The molecule has 1 unspecified atom stereocenters. The standard InChI is InChI=1S/C19H28N4O4S2/c1-14-8-10-23(11-9-14)29(25,26)17-6-4-15(5-7-17)18(24)21-22-19(28)20-13-16-3-2-12-27-16/h4-7,14,16H,2-3,8-13H2,1H3,(H,21,24)(H2,20,22,28). The molecule has 2 saturated heterocycles. The van der Waals surface area contributed by atoms with Gasteiger partial charge < -0.3 is 10.1 Å². The van der Waals surface area contributed by atoms with Gasteiger partial charge in [-0.05, 0) is 68.1 Å². The maximum absolute atomic E-state index is 12.7. The second kappa shape index (κ2) is 9.84. The largest absolute Gasteiger partial charge is 0.376 e. The summed E-state index contributed by atoms with van der Waals surface area (Å²) >= 11 is 5.13. The van der Waals surface area contributed by atoms with Crippen LogP contribution in [-0.2, 0) is 14.8 Å². The molecule has 10 heteroatoms. The number of hydrogen-bond donors (Lipinski definition) is 3. The van der Waals surface area contributed by atoms with Crippen LogP contribution in [0.2, 0.25) is 0 Å². The Labute approximate surface area is 177 Å². The van der Waals surface area contributed by atoms with Crippen LogP contribution in [-0.4, -0.2) is 56.1 Å². The number of amides is 1. The summed E-state index contributed by atoms with van der Waals surface area (Å²) in [6.45, 7) is 4.56. The highest BCUT2D eigenvalue weighted by Gasteiger charge is 2.28. The first-order valence-electron chi connectivity index (χ1n) is 9.92. The minimum absolute atomic E-state index is 0.142. The first-order chi connectivity index (χ1) is 13.9. The van der Waals surface area contributed by atoms with Crippen molar-refractivity contribution < 1.29 is 17.9 Å². The molecule has 3 rings (SSSR count). The van der Waals surface area contributed by atoms with Gasteiger partial charge in [0.1, 0.15) is 0 Å². The number of nitrogens with one attached hydrogen (secondary N) is 3. The molecule has 0 radical (unpaired) electrons. The van der Waals surface area contributed by atoms with Gasteiger partial charge in [0.05, 0.1) is 11.0 Å². The number of rotatable bonds is 5. The van der Waals surface area contributed by atoms with E-state index >= 15 is 0 Å². The van der Waals surface area contributed by atoms with Crippen LogP contribution in [0.15, 0.2) is 29.2 Å². The summed E-state index contributed by atoms with van der Waals surface area (Å²) in [5.74, 6) is 0.147. The first-order valence-corrected chi connectivity index (χ1v) is 11.8. The van der Waals surface area contributed by atoms with Crippen LogP contribution in [0.3, 0.4) is 0 Å². The molecular formula is C19H28N4O4S2. The minimum Gasteiger partial charge on any atom is -0.376 e. The van der Waals surface area contributed by atoms with Crippen LogP contribution < -0.4 is 16.2 Å². The Hall–Kier alpha value is -1.75. The summed E-state index contributed by atoms with van der Waals surface area (Å²) in [6, 6.07) is 5.94. The fraction of sp³-hybridized carbons (Fsp3) is 0.579. The predicted molar refractivity (Wildman–Crippen MR) is 114 cm³/mol. The molecule has 0 spiro atoms. The Morgan fingerprint density at radius 3 is 2.48 bits per heavy atom. The molecule has 1 amide bonds. The smallest absolute Gasteiger partial charge is 0.269 e. The third-order valence-corrected chi connectivity index (χ3v) is 7.46. The predicted octanol–water partition coefficient (Wildman–Crippen LogP) is 1.40. The molecule has 0 bridgehead atoms. The van der Waals surface area contributed by atoms with Gasteiger partial charge in [0.2, 0.25) is 10.0 Å². The quantitative estimate of drug-likeness (QED) is 0.470. The van der Waals surface area contributed by atoms with Crippen LogP contribution in [0, 0.1) is 5.92 Å². The van der Waals surface area contributed by atoms with Crippen molar-refractivity contribution in [2.24, 2.45) is 5.92 Å². The molecule has 2 fully saturated rings. The van der Waals surface area contributed by atoms with E-state index in [-0.39, 0.29) is 11.0 Å². The zero-order valence-corrected chi connectivity index (χ0v) is 18.2. The number of piperidine rings is 1. The molecule has 2 aliphatic rings. The number of nitrogens with zero attached hydrogens (tertiary/aromatic N) is 1. The third kappa shape index (κ3) is 5.88. The van der Waals surface area contributed by atoms with Crippen molar-refractivity contribution in [1.29, 1.82) is 0 Å². The van der Waals surface area contributed by atoms with Gasteiger partial charge in [-0.1, -0.05) is 6.92 Å². The van der Waals surface area contributed by atoms with E-state index in [1.165, 1.54) is 28.6 Å². The first kappa shape index (κ1) is 21.9. The number of carbonyl (C=O) groups excluding carboxylic acids is 1. The molecule has 160 valence electrons. The zero-order valence-electron chi connectivity index (χ0n) is 16.5. The van der Waals surface area contributed by atoms with Gasteiger partial charge in [-0.25, -0.2) is 8.42 Å². The number of sulfonamides is 1. The van der Waals surface area contributed by atoms with Gasteiger partial charge in [-0.3, -0.25) is 15.6 Å². The maximum atomic E-state index is 12.7. The molecule has 0 saturated carbocycles. The average molecular weight is 441 g/mol. The highest BCUT2D eigenvalue weighted by molar-refractivity contribution is 7.89. The zero-order chi connectivity index (χ0) is 20.9. The molecule has 2 aliphatic heterocycles. The van der Waals surface area contributed by atoms with Gasteiger partial charge in [0.15, 0.2) is 5.11 Å². The van der Waals surface area contributed by atoms with Gasteiger partial charge in [0.25, 0.3) is 5.91 Å². The van der Waals surface area contributed by atoms with Crippen molar-refractivity contribution in [3.63, 3.8) is 0 Å². The van der Waals surface area contributed by atoms with Crippen LogP contribution >= 0.6 is 12.2 Å². The van der Waals surface area contributed by atoms with Gasteiger partial charge in [-0.15, -0.1) is 0 Å². The molecule has 1 aromatic carbocycles. The summed E-state index contributed by atoms with van der Waals surface area (Å²) in [7, 11) is -3.53. The Morgan fingerprint density at radius 1 is 1.17 bits per heavy atom. The lowest BCUT2D eigenvalue weighted by molar-refractivity contribution is 0.0943. The Bertz CT molecular complexity index is 815. The second-order valence-corrected chi connectivity index (χ2v) is 9.88. The van der Waals surface area contributed by atoms with Gasteiger partial charge in [0, 0.05) is 31.8 Å². The van der Waals surface area contributed by atoms with Crippen LogP contribution in [0.1, 0.15) is 43.0 Å². The minimum atomic E-state index is -3.53. The number of ether oxygens (including phenoxy) is 1. The Balaban J connectivity index is 1.49. The summed E-state index contributed by atoms with van der Waals surface area (Å²) < 4.78 is 32.5. The van der Waals surface area contributed by atoms with Crippen molar-refractivity contribution in [2.75, 3.05) is 26.2 Å². The SMILES string of the molecule is CC1CCN(S(=O)(=O)c2ccc(C(=O)NNC(=S)NCC3CCCO3)cc2)CC1. The van der Waals surface area contributed by atoms with E-state index in [1.807, 2.05) is 0 Å². The van der Waals surface area contributed by atoms with Crippen molar-refractivity contribution in [3.05, 3.63) is 29.8 Å². The lowest BCUT2D eigenvalue weighted by atomic mass is 10.0. The monoisotopic (exact) mass is 440 g/mol. The molecule has 0 aromatic heterocycles.